The molecule has 0 radical (unpaired) electrons. The molecule has 0 aromatic heterocycles. The van der Waals surface area contributed by atoms with Gasteiger partial charge in [-0.2, -0.15) is 0 Å². The standard InChI is InChI=1S/C15H21ClN2O3/c1-11(10-12-5-7-13(16)8-6-12)18(2)15(21)17-9-3-4-14(19)20/h5-8,11H,3-4,9-10H2,1-2H3,(H,17,21)(H,19,20). The van der Waals surface area contributed by atoms with Crippen LogP contribution in [0.25, 0.3) is 0 Å². The van der Waals surface area contributed by atoms with Crippen molar-refractivity contribution in [1.82, 2.24) is 10.2 Å². The minimum absolute atomic E-state index is 0.0330. The van der Waals surface area contributed by atoms with Crippen LogP contribution in [0.1, 0.15) is 25.3 Å². The Morgan fingerprint density at radius 3 is 2.52 bits per heavy atom. The Morgan fingerprint density at radius 2 is 1.95 bits per heavy atom. The number of nitrogens with zero attached hydrogens (tertiary/aromatic N) is 1. The average Bonchev–Trinajstić information content (AvgIpc) is 2.44. The smallest absolute Gasteiger partial charge is 0.317 e. The number of carbonyl (C=O) groups is 2. The monoisotopic (exact) mass is 312 g/mol. The molecule has 1 aromatic rings. The number of nitrogens with one attached hydrogen (secondary N) is 1. The van der Waals surface area contributed by atoms with E-state index in [1.54, 1.807) is 11.9 Å². The fourth-order valence-electron chi connectivity index (χ4n) is 1.86. The molecule has 0 spiro atoms. The number of benzene rings is 1. The highest BCUT2D eigenvalue weighted by molar-refractivity contribution is 6.30. The van der Waals surface area contributed by atoms with Crippen molar-refractivity contribution < 1.29 is 14.7 Å². The Balaban J connectivity index is 2.38. The summed E-state index contributed by atoms with van der Waals surface area (Å²) in [5.41, 5.74) is 1.11. The van der Waals surface area contributed by atoms with Gasteiger partial charge in [-0.1, -0.05) is 23.7 Å². The van der Waals surface area contributed by atoms with Crippen molar-refractivity contribution >= 4 is 23.6 Å². The maximum atomic E-state index is 11.9. The van der Waals surface area contributed by atoms with E-state index < -0.39 is 5.97 Å². The van der Waals surface area contributed by atoms with E-state index in [1.807, 2.05) is 31.2 Å². The van der Waals surface area contributed by atoms with Gasteiger partial charge < -0.3 is 15.3 Å². The van der Waals surface area contributed by atoms with Crippen LogP contribution in [-0.4, -0.2) is 41.6 Å². The van der Waals surface area contributed by atoms with Gasteiger partial charge in [-0.15, -0.1) is 0 Å². The number of halogens is 1. The summed E-state index contributed by atoms with van der Waals surface area (Å²) >= 11 is 5.84. The molecule has 0 saturated heterocycles. The number of rotatable bonds is 7. The molecule has 2 amide bonds. The van der Waals surface area contributed by atoms with Crippen molar-refractivity contribution in [3.8, 4) is 0 Å². The first-order chi connectivity index (χ1) is 9.90. The normalized spacial score (nSPS) is 11.8. The molecule has 21 heavy (non-hydrogen) atoms. The van der Waals surface area contributed by atoms with Crippen LogP contribution < -0.4 is 5.32 Å². The highest BCUT2D eigenvalue weighted by atomic mass is 35.5. The number of hydrogen-bond acceptors (Lipinski definition) is 2. The fraction of sp³-hybridized carbons (Fsp3) is 0.467. The van der Waals surface area contributed by atoms with Gasteiger partial charge in [-0.3, -0.25) is 4.79 Å². The van der Waals surface area contributed by atoms with Gasteiger partial charge in [0, 0.05) is 31.1 Å². The lowest BCUT2D eigenvalue weighted by molar-refractivity contribution is -0.137. The third kappa shape index (κ3) is 6.49. The second kappa shape index (κ2) is 8.52. The molecule has 2 N–H and O–H groups in total. The Morgan fingerprint density at radius 1 is 1.33 bits per heavy atom. The van der Waals surface area contributed by atoms with E-state index in [2.05, 4.69) is 5.32 Å². The largest absolute Gasteiger partial charge is 0.481 e. The van der Waals surface area contributed by atoms with E-state index in [-0.39, 0.29) is 18.5 Å². The molecular formula is C15H21ClN2O3. The van der Waals surface area contributed by atoms with E-state index in [1.165, 1.54) is 0 Å². The van der Waals surface area contributed by atoms with E-state index in [9.17, 15) is 9.59 Å². The van der Waals surface area contributed by atoms with Crippen molar-refractivity contribution in [2.75, 3.05) is 13.6 Å². The summed E-state index contributed by atoms with van der Waals surface area (Å²) in [6.45, 7) is 2.33. The minimum atomic E-state index is -0.853. The van der Waals surface area contributed by atoms with Gasteiger partial charge in [0.2, 0.25) is 0 Å². The van der Waals surface area contributed by atoms with Gasteiger partial charge in [0.25, 0.3) is 0 Å². The summed E-state index contributed by atoms with van der Waals surface area (Å²) in [5.74, 6) is -0.853. The number of amides is 2. The van der Waals surface area contributed by atoms with Crippen molar-refractivity contribution in [3.63, 3.8) is 0 Å². The van der Waals surface area contributed by atoms with Gasteiger partial charge in [-0.25, -0.2) is 4.79 Å². The maximum absolute atomic E-state index is 11.9. The Kier molecular flexibility index (Phi) is 7.02. The lowest BCUT2D eigenvalue weighted by atomic mass is 10.1. The molecule has 5 nitrogen and oxygen atoms in total. The van der Waals surface area contributed by atoms with Crippen LogP contribution in [-0.2, 0) is 11.2 Å². The number of carbonyl (C=O) groups excluding carboxylic acids is 1. The molecule has 116 valence electrons. The summed E-state index contributed by atoms with van der Waals surface area (Å²) in [5, 5.41) is 11.9. The summed E-state index contributed by atoms with van der Waals surface area (Å²) in [6.07, 6.45) is 1.22. The molecule has 6 heteroatoms. The molecule has 1 rings (SSSR count). The van der Waals surface area contributed by atoms with E-state index in [0.717, 1.165) is 12.0 Å². The predicted octanol–water partition coefficient (Wildman–Crippen LogP) is 2.78. The highest BCUT2D eigenvalue weighted by Gasteiger charge is 2.15. The second-order valence-corrected chi connectivity index (χ2v) is 5.46. The van der Waals surface area contributed by atoms with E-state index in [0.29, 0.717) is 18.0 Å². The van der Waals surface area contributed by atoms with Crippen LogP contribution in [0.3, 0.4) is 0 Å². The summed E-state index contributed by atoms with van der Waals surface area (Å²) in [7, 11) is 1.73. The van der Waals surface area contributed by atoms with Crippen LogP contribution in [0.4, 0.5) is 4.79 Å². The van der Waals surface area contributed by atoms with Gasteiger partial charge in [0.15, 0.2) is 0 Å². The first-order valence-electron chi connectivity index (χ1n) is 6.87. The topological polar surface area (TPSA) is 69.6 Å². The maximum Gasteiger partial charge on any atom is 0.317 e. The third-order valence-electron chi connectivity index (χ3n) is 3.27. The molecule has 0 aliphatic heterocycles. The zero-order valence-electron chi connectivity index (χ0n) is 12.3. The Bertz CT molecular complexity index is 476. The van der Waals surface area contributed by atoms with Crippen molar-refractivity contribution in [2.24, 2.45) is 0 Å². The van der Waals surface area contributed by atoms with Crippen LogP contribution in [0.15, 0.2) is 24.3 Å². The number of urea groups is 1. The quantitative estimate of drug-likeness (QED) is 0.761. The molecule has 0 fully saturated rings. The van der Waals surface area contributed by atoms with Crippen molar-refractivity contribution in [3.05, 3.63) is 34.9 Å². The van der Waals surface area contributed by atoms with Crippen molar-refractivity contribution in [1.29, 1.82) is 0 Å². The molecule has 1 unspecified atom stereocenters. The van der Waals surface area contributed by atoms with Crippen LogP contribution in [0.5, 0.6) is 0 Å². The predicted molar refractivity (Wildman–Crippen MR) is 82.6 cm³/mol. The molecule has 0 aliphatic carbocycles. The third-order valence-corrected chi connectivity index (χ3v) is 3.52. The molecule has 0 heterocycles. The number of hydrogen-bond donors (Lipinski definition) is 2. The summed E-state index contributed by atoms with van der Waals surface area (Å²) in [6, 6.07) is 7.38. The van der Waals surface area contributed by atoms with Crippen molar-refractivity contribution in [2.45, 2.75) is 32.2 Å². The Labute approximate surface area is 129 Å². The second-order valence-electron chi connectivity index (χ2n) is 5.02. The van der Waals surface area contributed by atoms with E-state index in [4.69, 9.17) is 16.7 Å². The van der Waals surface area contributed by atoms with Gasteiger partial charge >= 0.3 is 12.0 Å². The number of likely N-dealkylation sites (N-methyl/N-ethyl adjacent to an activating group) is 1. The first kappa shape index (κ1) is 17.3. The fourth-order valence-corrected chi connectivity index (χ4v) is 1.98. The van der Waals surface area contributed by atoms with Gasteiger partial charge in [0.1, 0.15) is 0 Å². The van der Waals surface area contributed by atoms with Gasteiger partial charge in [-0.05, 0) is 37.5 Å². The Hall–Kier alpha value is -1.75. The van der Waals surface area contributed by atoms with Gasteiger partial charge in [0.05, 0.1) is 0 Å². The number of carboxylic acid groups (broad SMARTS) is 1. The molecule has 0 bridgehead atoms. The SMILES string of the molecule is CC(Cc1ccc(Cl)cc1)N(C)C(=O)NCCCC(=O)O. The molecule has 1 atom stereocenters. The zero-order valence-corrected chi connectivity index (χ0v) is 13.1. The number of carboxylic acids is 1. The number of aliphatic carboxylic acids is 1. The lowest BCUT2D eigenvalue weighted by Crippen LogP contribution is -2.43. The average molecular weight is 313 g/mol. The molecule has 1 aromatic carbocycles. The van der Waals surface area contributed by atoms with Crippen LogP contribution in [0, 0.1) is 0 Å². The highest BCUT2D eigenvalue weighted by Crippen LogP contribution is 2.12. The lowest BCUT2D eigenvalue weighted by Gasteiger charge is -2.25. The zero-order chi connectivity index (χ0) is 15.8. The minimum Gasteiger partial charge on any atom is -0.481 e. The molecule has 0 aliphatic rings. The first-order valence-corrected chi connectivity index (χ1v) is 7.25. The van der Waals surface area contributed by atoms with Crippen LogP contribution >= 0.6 is 11.6 Å². The summed E-state index contributed by atoms with van der Waals surface area (Å²) < 4.78 is 0. The summed E-state index contributed by atoms with van der Waals surface area (Å²) in [4.78, 5) is 23.9. The van der Waals surface area contributed by atoms with E-state index >= 15 is 0 Å². The molecular weight excluding hydrogens is 292 g/mol. The van der Waals surface area contributed by atoms with Crippen LogP contribution in [0.2, 0.25) is 5.02 Å². The molecule has 0 saturated carbocycles.